The number of aliphatic hydroxyl groups is 1. The van der Waals surface area contributed by atoms with E-state index in [2.05, 4.69) is 0 Å². The molecule has 0 aromatic carbocycles. The fourth-order valence-corrected chi connectivity index (χ4v) is 0. The molecular formula is C33H68Cl64O. The van der Waals surface area contributed by atoms with Crippen LogP contribution >= 0.6 is 742 Å². The molecular weight excluding hydrogens is 2680 g/mol. The summed E-state index contributed by atoms with van der Waals surface area (Å²) in [6.45, 7) is 0. The average Bonchev–Trinajstić information content (AvgIpc) is 3.49. The molecule has 0 aromatic heterocycles. The molecule has 0 spiro atoms. The van der Waals surface area contributed by atoms with Gasteiger partial charge in [0.25, 0.3) is 0 Å². The molecule has 65 heteroatoms. The van der Waals surface area contributed by atoms with E-state index in [0.29, 0.717) is 0 Å². The molecule has 0 aliphatic heterocycles. The highest BCUT2D eigenvalue weighted by Gasteiger charge is 1.50. The van der Waals surface area contributed by atoms with Crippen LogP contribution in [0.15, 0.2) is 0 Å². The first-order valence-corrected chi connectivity index (χ1v) is 51.8. The van der Waals surface area contributed by atoms with E-state index >= 15 is 0 Å². The summed E-state index contributed by atoms with van der Waals surface area (Å²) in [5.41, 5.74) is 0. The number of aliphatic hydroxyl groups excluding tert-OH is 1. The van der Waals surface area contributed by atoms with E-state index in [4.69, 9.17) is 748 Å². The molecule has 1 N–H and O–H groups in total. The first-order valence-electron chi connectivity index (χ1n) is 17.6. The lowest BCUT2D eigenvalue weighted by Crippen LogP contribution is -1.25. The van der Waals surface area contributed by atoms with Crippen molar-refractivity contribution in [1.29, 1.82) is 0 Å². The van der Waals surface area contributed by atoms with Gasteiger partial charge in [0.15, 0.2) is 0 Å². The molecule has 0 saturated heterocycles. The van der Waals surface area contributed by atoms with E-state index < -0.39 is 0 Å². The van der Waals surface area contributed by atoms with Gasteiger partial charge in [0, 0.05) is 7.11 Å². The quantitative estimate of drug-likeness (QED) is 0.240. The molecule has 0 aliphatic carbocycles. The van der Waals surface area contributed by atoms with Crippen molar-refractivity contribution < 1.29 is 5.11 Å². The monoisotopic (exact) mass is 2720 g/mol. The lowest BCUT2D eigenvalue weighted by atomic mass is 11.8. The van der Waals surface area contributed by atoms with Gasteiger partial charge in [-0.05, 0) is 0 Å². The molecule has 654 valence electrons. The summed E-state index contributed by atoms with van der Waals surface area (Å²) in [5, 5.41) is 13.2. The van der Waals surface area contributed by atoms with E-state index in [1.807, 2.05) is 0 Å². The standard InChI is InChI=1S/32CH2Cl2.CH4O/c32*2-1-3;1-2/h32*1H2;2H,1H3. The maximum atomic E-state index is 7.00. The summed E-state index contributed by atoms with van der Waals surface area (Å²) in [6.07, 6.45) is 0. The van der Waals surface area contributed by atoms with Crippen LogP contribution in [-0.2, 0) is 0 Å². The SMILES string of the molecule is CO.ClCCl.ClCCl.ClCCl.ClCCl.ClCCl.ClCCl.ClCCl.ClCCl.ClCCl.ClCCl.ClCCl.ClCCl.ClCCl.ClCCl.ClCCl.ClCCl.ClCCl.ClCCl.ClCCl.ClCCl.ClCCl.ClCCl.ClCCl.ClCCl.ClCCl.ClCCl.ClCCl.ClCCl.ClCCl.ClCCl.ClCCl.ClCCl. The van der Waals surface area contributed by atoms with Gasteiger partial charge in [-0.2, -0.15) is 0 Å². The van der Waals surface area contributed by atoms with Crippen molar-refractivity contribution in [1.82, 2.24) is 0 Å². The van der Waals surface area contributed by atoms with E-state index in [0.717, 1.165) is 7.11 Å². The molecule has 0 heterocycles. The second-order valence-corrected chi connectivity index (χ2v) is 29.1. The first kappa shape index (κ1) is 223. The third-order valence-corrected chi connectivity index (χ3v) is 0. The van der Waals surface area contributed by atoms with Gasteiger partial charge < -0.3 is 5.11 Å². The minimum atomic E-state index is 0.194. The van der Waals surface area contributed by atoms with E-state index in [1.54, 1.807) is 0 Å². The minimum absolute atomic E-state index is 0.194. The molecule has 0 fully saturated rings. The lowest BCUT2D eigenvalue weighted by Gasteiger charge is -1.42. The van der Waals surface area contributed by atoms with Gasteiger partial charge in [-0.1, -0.05) is 0 Å². The highest BCUT2D eigenvalue weighted by Crippen LogP contribution is 1.82. The molecule has 0 rings (SSSR count). The molecule has 0 radical (unpaired) electrons. The molecule has 0 bridgehead atoms. The van der Waals surface area contributed by atoms with Crippen molar-refractivity contribution in [2.24, 2.45) is 0 Å². The highest BCUT2D eigenvalue weighted by atomic mass is 35.6. The topological polar surface area (TPSA) is 20.2 Å². The van der Waals surface area contributed by atoms with Crippen LogP contribution in [0.2, 0.25) is 0 Å². The maximum absolute atomic E-state index is 7.00. The average molecular weight is 2750 g/mol. The number of hydrogen-bond donors (Lipinski definition) is 1. The third-order valence-electron chi connectivity index (χ3n) is 0. The third kappa shape index (κ3) is 4300. The van der Waals surface area contributed by atoms with Crippen LogP contribution in [0.3, 0.4) is 0 Å². The number of rotatable bonds is 0. The zero-order valence-corrected chi connectivity index (χ0v) is 96.6. The fraction of sp³-hybridized carbons (Fsp3) is 1.00. The summed E-state index contributed by atoms with van der Waals surface area (Å²) >= 11 is 305. The molecule has 0 atom stereocenters. The largest absolute Gasteiger partial charge is 0.400 e. The van der Waals surface area contributed by atoms with Crippen molar-refractivity contribution in [2.75, 3.05) is 178 Å². The van der Waals surface area contributed by atoms with Crippen LogP contribution < -0.4 is 0 Å². The van der Waals surface area contributed by atoms with E-state index in [1.165, 1.54) is 0 Å². The van der Waals surface area contributed by atoms with Gasteiger partial charge in [-0.3, -0.25) is 0 Å². The number of halogens is 64. The van der Waals surface area contributed by atoms with Gasteiger partial charge in [0.05, 0.1) is 171 Å². The van der Waals surface area contributed by atoms with Gasteiger partial charge in [0.2, 0.25) is 0 Å². The van der Waals surface area contributed by atoms with Gasteiger partial charge in [-0.15, -0.1) is 742 Å². The predicted octanol–water partition coefficient (Wildman–Crippen LogP) is 45.1. The normalized spacial score (nSPS) is 5.94. The zero-order valence-electron chi connectivity index (χ0n) is 48.3. The van der Waals surface area contributed by atoms with E-state index in [9.17, 15) is 0 Å². The highest BCUT2D eigenvalue weighted by molar-refractivity contribution is 6.49. The van der Waals surface area contributed by atoms with Crippen molar-refractivity contribution in [3.05, 3.63) is 0 Å². The van der Waals surface area contributed by atoms with Gasteiger partial charge in [-0.25, -0.2) is 0 Å². The van der Waals surface area contributed by atoms with Crippen molar-refractivity contribution in [2.45, 2.75) is 0 Å². The van der Waals surface area contributed by atoms with Gasteiger partial charge >= 0.3 is 0 Å². The smallest absolute Gasteiger partial charge is 0.0967 e. The molecule has 0 aliphatic rings. The Morgan fingerprint density at radius 1 is 0.0714 bits per heavy atom. The molecule has 98 heavy (non-hydrogen) atoms. The second kappa shape index (κ2) is 594. The Kier molecular flexibility index (Phi) is 1350. The molecule has 1 nitrogen and oxygen atoms in total. The number of alkyl halides is 64. The van der Waals surface area contributed by atoms with Crippen LogP contribution in [0.4, 0.5) is 0 Å². The van der Waals surface area contributed by atoms with Crippen molar-refractivity contribution >= 4 is 742 Å². The predicted molar refractivity (Wildman–Crippen MR) is 538 cm³/mol. The molecule has 0 saturated carbocycles. The Labute approximate surface area is 909 Å². The Morgan fingerprint density at radius 2 is 0.0714 bits per heavy atom. The fourth-order valence-electron chi connectivity index (χ4n) is 0. The number of hydrogen-bond acceptors (Lipinski definition) is 1. The Morgan fingerprint density at radius 3 is 0.0714 bits per heavy atom. The summed E-state index contributed by atoms with van der Waals surface area (Å²) < 4.78 is 0. The molecule has 0 aromatic rings. The van der Waals surface area contributed by atoms with Crippen LogP contribution in [0, 0.1) is 0 Å². The van der Waals surface area contributed by atoms with Crippen LogP contribution in [-0.4, -0.2) is 183 Å². The summed E-state index contributed by atoms with van der Waals surface area (Å²) in [6, 6.07) is 0. The molecule has 0 unspecified atom stereocenters. The summed E-state index contributed by atoms with van der Waals surface area (Å²) in [7, 11) is 1.00. The van der Waals surface area contributed by atoms with Crippen LogP contribution in [0.1, 0.15) is 0 Å². The minimum Gasteiger partial charge on any atom is -0.400 e. The van der Waals surface area contributed by atoms with Crippen LogP contribution in [0.5, 0.6) is 0 Å². The maximum Gasteiger partial charge on any atom is 0.0967 e. The summed E-state index contributed by atoms with van der Waals surface area (Å²) in [5.74, 6) is 0. The lowest BCUT2D eigenvalue weighted by molar-refractivity contribution is 0.399. The van der Waals surface area contributed by atoms with Crippen LogP contribution in [0.25, 0.3) is 0 Å². The van der Waals surface area contributed by atoms with Crippen molar-refractivity contribution in [3.8, 4) is 0 Å². The van der Waals surface area contributed by atoms with E-state index in [-0.39, 0.29) is 171 Å². The molecule has 0 amide bonds. The second-order valence-electron chi connectivity index (χ2n) is 3.23. The Bertz CT molecular complexity index is 258. The summed E-state index contributed by atoms with van der Waals surface area (Å²) in [4.78, 5) is 0. The Balaban J connectivity index is -0.0000000143. The Hall–Kier alpha value is 18.5. The first-order chi connectivity index (χ1) is 46.3. The zero-order chi connectivity index (χ0) is 88.6. The van der Waals surface area contributed by atoms with Crippen molar-refractivity contribution in [3.63, 3.8) is 0 Å². The van der Waals surface area contributed by atoms with Gasteiger partial charge in [0.1, 0.15) is 0 Å².